The van der Waals surface area contributed by atoms with Crippen LogP contribution in [0.2, 0.25) is 10.0 Å². The van der Waals surface area contributed by atoms with Crippen LogP contribution in [0.1, 0.15) is 13.3 Å². The van der Waals surface area contributed by atoms with E-state index in [4.69, 9.17) is 33.0 Å². The maximum Gasteiger partial charge on any atom is 0.308 e. The molecule has 1 heterocycles. The Morgan fingerprint density at radius 3 is 2.67 bits per heavy atom. The second kappa shape index (κ2) is 6.54. The molecule has 114 valence electrons. The molecule has 0 unspecified atom stereocenters. The number of hydrogen-bond donors (Lipinski definition) is 1. The van der Waals surface area contributed by atoms with Crippen molar-refractivity contribution in [2.24, 2.45) is 5.92 Å². The first-order chi connectivity index (χ1) is 9.88. The third-order valence-electron chi connectivity index (χ3n) is 3.40. The number of amides is 1. The van der Waals surface area contributed by atoms with E-state index in [1.165, 1.54) is 11.0 Å². The Morgan fingerprint density at radius 2 is 2.10 bits per heavy atom. The lowest BCUT2D eigenvalue weighted by Crippen LogP contribution is -2.39. The van der Waals surface area contributed by atoms with Crippen molar-refractivity contribution in [1.82, 2.24) is 4.90 Å². The highest BCUT2D eigenvalue weighted by Gasteiger charge is 2.33. The standard InChI is InChI=1S/C14H15Cl2NO4/c1-8(21-10-2-3-11(15)12(16)6-10)13(18)17-5-4-9(7-17)14(19)20/h2-3,6,8-9H,4-5,7H2,1H3,(H,19,20)/t8-,9+/m0/s1. The highest BCUT2D eigenvalue weighted by Crippen LogP contribution is 2.27. The summed E-state index contributed by atoms with van der Waals surface area (Å²) in [5.41, 5.74) is 0. The van der Waals surface area contributed by atoms with Gasteiger partial charge in [-0.3, -0.25) is 9.59 Å². The van der Waals surface area contributed by atoms with Crippen molar-refractivity contribution >= 4 is 35.1 Å². The molecule has 1 amide bonds. The summed E-state index contributed by atoms with van der Waals surface area (Å²) in [5.74, 6) is -1.15. The van der Waals surface area contributed by atoms with Gasteiger partial charge >= 0.3 is 5.97 Å². The SMILES string of the molecule is C[C@H](Oc1ccc(Cl)c(Cl)c1)C(=O)N1CC[C@@H](C(=O)O)C1. The Morgan fingerprint density at radius 1 is 1.38 bits per heavy atom. The Bertz CT molecular complexity index is 564. The monoisotopic (exact) mass is 331 g/mol. The Hall–Kier alpha value is -1.46. The van der Waals surface area contributed by atoms with Crippen molar-refractivity contribution in [2.45, 2.75) is 19.4 Å². The zero-order valence-electron chi connectivity index (χ0n) is 11.4. The van der Waals surface area contributed by atoms with E-state index in [1.54, 1.807) is 19.1 Å². The molecule has 1 saturated heterocycles. The van der Waals surface area contributed by atoms with Crippen LogP contribution in [0.4, 0.5) is 0 Å². The lowest BCUT2D eigenvalue weighted by atomic mass is 10.1. The summed E-state index contributed by atoms with van der Waals surface area (Å²) in [7, 11) is 0. The highest BCUT2D eigenvalue weighted by atomic mass is 35.5. The van der Waals surface area contributed by atoms with Crippen LogP contribution in [-0.4, -0.2) is 41.1 Å². The van der Waals surface area contributed by atoms with Gasteiger partial charge in [-0.15, -0.1) is 0 Å². The third-order valence-corrected chi connectivity index (χ3v) is 4.14. The number of hydrogen-bond acceptors (Lipinski definition) is 3. The number of benzene rings is 1. The van der Waals surface area contributed by atoms with Gasteiger partial charge in [0.2, 0.25) is 0 Å². The zero-order valence-corrected chi connectivity index (χ0v) is 12.9. The summed E-state index contributed by atoms with van der Waals surface area (Å²) in [6, 6.07) is 4.76. The number of likely N-dealkylation sites (tertiary alicyclic amines) is 1. The van der Waals surface area contributed by atoms with Crippen LogP contribution in [0.25, 0.3) is 0 Å². The normalized spacial score (nSPS) is 19.4. The van der Waals surface area contributed by atoms with Crippen LogP contribution >= 0.6 is 23.2 Å². The number of rotatable bonds is 4. The molecule has 2 atom stereocenters. The average molecular weight is 332 g/mol. The molecule has 1 aliphatic heterocycles. The Labute approximate surface area is 132 Å². The molecular weight excluding hydrogens is 317 g/mol. The van der Waals surface area contributed by atoms with Gasteiger partial charge in [-0.05, 0) is 25.5 Å². The summed E-state index contributed by atoms with van der Waals surface area (Å²) < 4.78 is 5.54. The second-order valence-corrected chi connectivity index (χ2v) is 5.76. The summed E-state index contributed by atoms with van der Waals surface area (Å²) in [6.45, 7) is 2.28. The number of halogens is 2. The predicted octanol–water partition coefficient (Wildman–Crippen LogP) is 2.69. The Kier molecular flexibility index (Phi) is 4.96. The fourth-order valence-corrected chi connectivity index (χ4v) is 2.51. The van der Waals surface area contributed by atoms with Crippen molar-refractivity contribution in [3.05, 3.63) is 28.2 Å². The van der Waals surface area contributed by atoms with Crippen molar-refractivity contribution in [3.63, 3.8) is 0 Å². The van der Waals surface area contributed by atoms with E-state index < -0.39 is 18.0 Å². The molecule has 5 nitrogen and oxygen atoms in total. The third kappa shape index (κ3) is 3.80. The lowest BCUT2D eigenvalue weighted by molar-refractivity contribution is -0.142. The molecule has 1 N–H and O–H groups in total. The van der Waals surface area contributed by atoms with E-state index in [0.717, 1.165) is 0 Å². The number of ether oxygens (including phenoxy) is 1. The van der Waals surface area contributed by atoms with Gasteiger partial charge in [0.05, 0.1) is 16.0 Å². The minimum Gasteiger partial charge on any atom is -0.481 e. The molecule has 1 fully saturated rings. The maximum atomic E-state index is 12.2. The zero-order chi connectivity index (χ0) is 15.6. The number of carboxylic acids is 1. The number of carbonyl (C=O) groups is 2. The van der Waals surface area contributed by atoms with Crippen LogP contribution in [0, 0.1) is 5.92 Å². The van der Waals surface area contributed by atoms with Crippen molar-refractivity contribution in [1.29, 1.82) is 0 Å². The molecule has 1 aromatic rings. The van der Waals surface area contributed by atoms with Crippen molar-refractivity contribution in [2.75, 3.05) is 13.1 Å². The van der Waals surface area contributed by atoms with Crippen molar-refractivity contribution in [3.8, 4) is 5.75 Å². The molecule has 0 aromatic heterocycles. The summed E-state index contributed by atoms with van der Waals surface area (Å²) in [4.78, 5) is 24.6. The summed E-state index contributed by atoms with van der Waals surface area (Å²) in [5, 5.41) is 9.70. The molecule has 2 rings (SSSR count). The topological polar surface area (TPSA) is 66.8 Å². The van der Waals surface area contributed by atoms with E-state index in [9.17, 15) is 9.59 Å². The van der Waals surface area contributed by atoms with Crippen LogP contribution in [0.15, 0.2) is 18.2 Å². The first-order valence-corrected chi connectivity index (χ1v) is 7.27. The molecule has 1 aromatic carbocycles. The van der Waals surface area contributed by atoms with E-state index >= 15 is 0 Å². The number of aliphatic carboxylic acids is 1. The van der Waals surface area contributed by atoms with Gasteiger partial charge in [-0.25, -0.2) is 0 Å². The van der Waals surface area contributed by atoms with Gasteiger partial charge in [-0.1, -0.05) is 23.2 Å². The summed E-state index contributed by atoms with van der Waals surface area (Å²) in [6.07, 6.45) is -0.240. The van der Waals surface area contributed by atoms with E-state index in [0.29, 0.717) is 28.8 Å². The maximum absolute atomic E-state index is 12.2. The average Bonchev–Trinajstić information content (AvgIpc) is 2.92. The first-order valence-electron chi connectivity index (χ1n) is 6.51. The molecule has 0 aliphatic carbocycles. The number of nitrogens with zero attached hydrogens (tertiary/aromatic N) is 1. The molecule has 7 heteroatoms. The van der Waals surface area contributed by atoms with E-state index in [-0.39, 0.29) is 12.5 Å². The van der Waals surface area contributed by atoms with Crippen molar-refractivity contribution < 1.29 is 19.4 Å². The molecule has 0 radical (unpaired) electrons. The van der Waals surface area contributed by atoms with Gasteiger partial charge in [0, 0.05) is 19.2 Å². The van der Waals surface area contributed by atoms with Crippen LogP contribution < -0.4 is 4.74 Å². The first kappa shape index (κ1) is 15.9. The van der Waals surface area contributed by atoms with Gasteiger partial charge in [0.15, 0.2) is 6.10 Å². The fraction of sp³-hybridized carbons (Fsp3) is 0.429. The molecular formula is C14H15Cl2NO4. The molecule has 0 bridgehead atoms. The fourth-order valence-electron chi connectivity index (χ4n) is 2.22. The largest absolute Gasteiger partial charge is 0.481 e. The van der Waals surface area contributed by atoms with Gasteiger partial charge in [0.25, 0.3) is 5.91 Å². The highest BCUT2D eigenvalue weighted by molar-refractivity contribution is 6.42. The smallest absolute Gasteiger partial charge is 0.308 e. The van der Waals surface area contributed by atoms with Gasteiger partial charge in [-0.2, -0.15) is 0 Å². The van der Waals surface area contributed by atoms with Crippen LogP contribution in [0.5, 0.6) is 5.75 Å². The molecule has 0 saturated carbocycles. The minimum absolute atomic E-state index is 0.225. The van der Waals surface area contributed by atoms with E-state index in [2.05, 4.69) is 0 Å². The minimum atomic E-state index is -0.872. The second-order valence-electron chi connectivity index (χ2n) is 4.94. The Balaban J connectivity index is 1.96. The van der Waals surface area contributed by atoms with Gasteiger partial charge in [0.1, 0.15) is 5.75 Å². The molecule has 21 heavy (non-hydrogen) atoms. The predicted molar refractivity (Wildman–Crippen MR) is 78.9 cm³/mol. The number of carbonyl (C=O) groups excluding carboxylic acids is 1. The quantitative estimate of drug-likeness (QED) is 0.921. The lowest BCUT2D eigenvalue weighted by Gasteiger charge is -2.21. The van der Waals surface area contributed by atoms with Crippen LogP contribution in [-0.2, 0) is 9.59 Å². The summed E-state index contributed by atoms with van der Waals surface area (Å²) >= 11 is 11.7. The number of carboxylic acid groups (broad SMARTS) is 1. The van der Waals surface area contributed by atoms with Crippen LogP contribution in [0.3, 0.4) is 0 Å². The molecule has 0 spiro atoms. The van der Waals surface area contributed by atoms with Gasteiger partial charge < -0.3 is 14.7 Å². The van der Waals surface area contributed by atoms with E-state index in [1.807, 2.05) is 0 Å². The molecule has 1 aliphatic rings.